The van der Waals surface area contributed by atoms with Crippen molar-refractivity contribution in [2.24, 2.45) is 5.92 Å². The van der Waals surface area contributed by atoms with Gasteiger partial charge in [-0.25, -0.2) is 4.79 Å². The molecule has 1 aromatic carbocycles. The first-order valence-corrected chi connectivity index (χ1v) is 6.53. The predicted molar refractivity (Wildman–Crippen MR) is 74.3 cm³/mol. The van der Waals surface area contributed by atoms with Crippen molar-refractivity contribution in [3.63, 3.8) is 0 Å². The molecule has 1 aliphatic heterocycles. The van der Waals surface area contributed by atoms with E-state index in [1.807, 2.05) is 0 Å². The molecule has 6 heteroatoms. The molecule has 0 saturated carbocycles. The van der Waals surface area contributed by atoms with Crippen LogP contribution in [0.1, 0.15) is 16.8 Å². The number of hydrogen-bond acceptors (Lipinski definition) is 4. The van der Waals surface area contributed by atoms with Crippen molar-refractivity contribution < 1.29 is 19.4 Å². The molecule has 1 heterocycles. The fraction of sp³-hybridized carbons (Fsp3) is 0.385. The number of nitrogens with zero attached hydrogens (tertiary/aromatic N) is 1. The summed E-state index contributed by atoms with van der Waals surface area (Å²) in [6, 6.07) is 4.73. The average molecular weight is 281 g/mol. The predicted octanol–water partition coefficient (Wildman–Crippen LogP) is 1.68. The smallest absolute Gasteiger partial charge is 0.337 e. The van der Waals surface area contributed by atoms with Crippen LogP contribution in [0.15, 0.2) is 18.2 Å². The summed E-state index contributed by atoms with van der Waals surface area (Å²) >= 11 is 4.20. The highest BCUT2D eigenvalue weighted by molar-refractivity contribution is 7.80. The topological polar surface area (TPSA) is 66.8 Å². The lowest BCUT2D eigenvalue weighted by Gasteiger charge is -2.21. The molecule has 0 radical (unpaired) electrons. The summed E-state index contributed by atoms with van der Waals surface area (Å²) in [7, 11) is 1.46. The van der Waals surface area contributed by atoms with Gasteiger partial charge < -0.3 is 14.7 Å². The number of carboxylic acids is 1. The van der Waals surface area contributed by atoms with E-state index in [9.17, 15) is 14.7 Å². The monoisotopic (exact) mass is 281 g/mol. The van der Waals surface area contributed by atoms with Crippen LogP contribution in [0.5, 0.6) is 5.75 Å². The van der Waals surface area contributed by atoms with Crippen LogP contribution in [-0.4, -0.2) is 36.4 Å². The van der Waals surface area contributed by atoms with Crippen LogP contribution < -0.4 is 9.64 Å². The molecule has 2 rings (SSSR count). The molecule has 1 unspecified atom stereocenters. The van der Waals surface area contributed by atoms with Crippen molar-refractivity contribution in [1.82, 2.24) is 0 Å². The summed E-state index contributed by atoms with van der Waals surface area (Å²) in [5, 5.41) is 9.25. The Morgan fingerprint density at radius 3 is 2.84 bits per heavy atom. The van der Waals surface area contributed by atoms with E-state index in [4.69, 9.17) is 4.74 Å². The molecule has 1 aliphatic rings. The highest BCUT2D eigenvalue weighted by Crippen LogP contribution is 2.36. The molecule has 102 valence electrons. The van der Waals surface area contributed by atoms with E-state index in [0.717, 1.165) is 0 Å². The van der Waals surface area contributed by atoms with Crippen molar-refractivity contribution in [3.05, 3.63) is 23.8 Å². The van der Waals surface area contributed by atoms with Gasteiger partial charge in [0.1, 0.15) is 11.4 Å². The number of ether oxygens (including phenoxy) is 1. The van der Waals surface area contributed by atoms with Gasteiger partial charge in [-0.15, -0.1) is 0 Å². The van der Waals surface area contributed by atoms with Gasteiger partial charge in [-0.2, -0.15) is 12.6 Å². The Kier molecular flexibility index (Phi) is 3.99. The zero-order chi connectivity index (χ0) is 14.0. The summed E-state index contributed by atoms with van der Waals surface area (Å²) < 4.78 is 5.19. The molecule has 0 aliphatic carbocycles. The molecular formula is C13H15NO4S. The number of benzene rings is 1. The van der Waals surface area contributed by atoms with Crippen molar-refractivity contribution in [1.29, 1.82) is 0 Å². The number of carboxylic acid groups (broad SMARTS) is 1. The molecule has 1 amide bonds. The van der Waals surface area contributed by atoms with Gasteiger partial charge in [0.15, 0.2) is 0 Å². The minimum absolute atomic E-state index is 0.0764. The maximum absolute atomic E-state index is 12.0. The zero-order valence-electron chi connectivity index (χ0n) is 10.5. The van der Waals surface area contributed by atoms with Crippen molar-refractivity contribution >= 4 is 30.2 Å². The van der Waals surface area contributed by atoms with Gasteiger partial charge in [0.25, 0.3) is 0 Å². The fourth-order valence-electron chi connectivity index (χ4n) is 2.26. The molecule has 5 nitrogen and oxygen atoms in total. The van der Waals surface area contributed by atoms with Gasteiger partial charge in [0.05, 0.1) is 12.7 Å². The van der Waals surface area contributed by atoms with Crippen LogP contribution in [-0.2, 0) is 4.79 Å². The third-order valence-corrected chi connectivity index (χ3v) is 3.70. The maximum atomic E-state index is 12.0. The molecule has 0 spiro atoms. The average Bonchev–Trinajstić information content (AvgIpc) is 2.78. The van der Waals surface area contributed by atoms with Gasteiger partial charge in [0, 0.05) is 13.0 Å². The third-order valence-electron chi connectivity index (χ3n) is 3.18. The van der Waals surface area contributed by atoms with Crippen LogP contribution in [0.25, 0.3) is 0 Å². The highest BCUT2D eigenvalue weighted by Gasteiger charge is 2.33. The minimum atomic E-state index is -1.07. The molecule has 1 atom stereocenters. The molecule has 1 aromatic rings. The Morgan fingerprint density at radius 1 is 1.58 bits per heavy atom. The number of amides is 1. The largest absolute Gasteiger partial charge is 0.495 e. The first-order chi connectivity index (χ1) is 9.08. The van der Waals surface area contributed by atoms with Crippen LogP contribution in [0, 0.1) is 5.92 Å². The Bertz CT molecular complexity index is 517. The normalized spacial score (nSPS) is 18.7. The Hall–Kier alpha value is -1.69. The molecule has 1 saturated heterocycles. The fourth-order valence-corrected chi connectivity index (χ4v) is 2.50. The van der Waals surface area contributed by atoms with E-state index in [0.29, 0.717) is 30.2 Å². The lowest BCUT2D eigenvalue weighted by atomic mass is 10.1. The number of aromatic carboxylic acids is 1. The second-order valence-electron chi connectivity index (χ2n) is 4.42. The molecular weight excluding hydrogens is 266 g/mol. The van der Waals surface area contributed by atoms with Gasteiger partial charge in [-0.05, 0) is 23.8 Å². The Morgan fingerprint density at radius 2 is 2.32 bits per heavy atom. The number of carbonyl (C=O) groups excluding carboxylic acids is 1. The Balaban J connectivity index is 2.48. The van der Waals surface area contributed by atoms with Crippen LogP contribution in [0.4, 0.5) is 5.69 Å². The third kappa shape index (κ3) is 2.53. The SMILES string of the molecule is COc1cccc(C(=O)O)c1N1CC(CS)CC1=O. The zero-order valence-corrected chi connectivity index (χ0v) is 11.4. The van der Waals surface area contributed by atoms with Crippen LogP contribution in [0.2, 0.25) is 0 Å². The van der Waals surface area contributed by atoms with Gasteiger partial charge >= 0.3 is 5.97 Å². The van der Waals surface area contributed by atoms with Crippen molar-refractivity contribution in [2.75, 3.05) is 24.3 Å². The minimum Gasteiger partial charge on any atom is -0.495 e. The number of carbonyl (C=O) groups is 2. The highest BCUT2D eigenvalue weighted by atomic mass is 32.1. The number of anilines is 1. The standard InChI is InChI=1S/C13H15NO4S/c1-18-10-4-2-3-9(13(16)17)12(10)14-6-8(7-19)5-11(14)15/h2-4,8,19H,5-7H2,1H3,(H,16,17). The quantitative estimate of drug-likeness (QED) is 0.824. The summed E-state index contributed by atoms with van der Waals surface area (Å²) in [4.78, 5) is 24.8. The lowest BCUT2D eigenvalue weighted by Crippen LogP contribution is -2.27. The van der Waals surface area contributed by atoms with E-state index < -0.39 is 5.97 Å². The van der Waals surface area contributed by atoms with E-state index in [1.54, 1.807) is 12.1 Å². The van der Waals surface area contributed by atoms with Crippen LogP contribution in [0.3, 0.4) is 0 Å². The molecule has 1 N–H and O–H groups in total. The van der Waals surface area contributed by atoms with Crippen molar-refractivity contribution in [2.45, 2.75) is 6.42 Å². The van der Waals surface area contributed by atoms with E-state index in [2.05, 4.69) is 12.6 Å². The summed E-state index contributed by atoms with van der Waals surface area (Å²) in [6.07, 6.45) is 0.389. The number of methoxy groups -OCH3 is 1. The van der Waals surface area contributed by atoms with E-state index in [-0.39, 0.29) is 17.4 Å². The maximum Gasteiger partial charge on any atom is 0.337 e. The molecule has 0 aromatic heterocycles. The summed E-state index contributed by atoms with van der Waals surface area (Å²) in [6.45, 7) is 0.475. The molecule has 1 fully saturated rings. The summed E-state index contributed by atoms with van der Waals surface area (Å²) in [5.41, 5.74) is 0.416. The van der Waals surface area contributed by atoms with Gasteiger partial charge in [-0.3, -0.25) is 4.79 Å². The number of para-hydroxylation sites is 1. The van der Waals surface area contributed by atoms with Gasteiger partial charge in [-0.1, -0.05) is 6.07 Å². The molecule has 0 bridgehead atoms. The second kappa shape index (κ2) is 5.52. The van der Waals surface area contributed by atoms with E-state index in [1.165, 1.54) is 18.1 Å². The number of hydrogen-bond donors (Lipinski definition) is 2. The number of rotatable bonds is 4. The van der Waals surface area contributed by atoms with E-state index >= 15 is 0 Å². The lowest BCUT2D eigenvalue weighted by molar-refractivity contribution is -0.117. The second-order valence-corrected chi connectivity index (χ2v) is 4.78. The number of thiol groups is 1. The van der Waals surface area contributed by atoms with Crippen LogP contribution >= 0.6 is 12.6 Å². The van der Waals surface area contributed by atoms with Gasteiger partial charge in [0.2, 0.25) is 5.91 Å². The Labute approximate surface area is 116 Å². The first kappa shape index (κ1) is 13.7. The first-order valence-electron chi connectivity index (χ1n) is 5.90. The summed E-state index contributed by atoms with van der Waals surface area (Å²) in [5.74, 6) is -0.0303. The molecule has 19 heavy (non-hydrogen) atoms. The van der Waals surface area contributed by atoms with Crippen molar-refractivity contribution in [3.8, 4) is 5.75 Å².